The van der Waals surface area contributed by atoms with Gasteiger partial charge >= 0.3 is 6.18 Å². The van der Waals surface area contributed by atoms with Gasteiger partial charge in [-0.3, -0.25) is 0 Å². The van der Waals surface area contributed by atoms with Gasteiger partial charge in [0.2, 0.25) is 0 Å². The monoisotopic (exact) mass is 272 g/mol. The van der Waals surface area contributed by atoms with Crippen molar-refractivity contribution in [1.29, 1.82) is 0 Å². The summed E-state index contributed by atoms with van der Waals surface area (Å²) in [5.41, 5.74) is 0. The van der Waals surface area contributed by atoms with Gasteiger partial charge in [0.1, 0.15) is 6.61 Å². The first-order chi connectivity index (χ1) is 8.45. The average molecular weight is 272 g/mol. The van der Waals surface area contributed by atoms with Crippen molar-refractivity contribution in [2.45, 2.75) is 12.6 Å². The largest absolute Gasteiger partial charge is 0.411 e. The zero-order chi connectivity index (χ0) is 13.9. The second-order valence-corrected chi connectivity index (χ2v) is 4.07. The van der Waals surface area contributed by atoms with Crippen LogP contribution < -0.4 is 5.32 Å². The average Bonchev–Trinajstić information content (AvgIpc) is 2.27. The summed E-state index contributed by atoms with van der Waals surface area (Å²) in [6.45, 7) is 2.88. The van der Waals surface area contributed by atoms with E-state index in [1.807, 2.05) is 7.05 Å². The van der Waals surface area contributed by atoms with E-state index >= 15 is 0 Å². The summed E-state index contributed by atoms with van der Waals surface area (Å²) < 4.78 is 44.7. The second-order valence-electron chi connectivity index (χ2n) is 4.07. The predicted octanol–water partition coefficient (Wildman–Crippen LogP) is 1.12. The van der Waals surface area contributed by atoms with E-state index in [1.165, 1.54) is 0 Å². The van der Waals surface area contributed by atoms with E-state index in [2.05, 4.69) is 15.0 Å². The molecule has 0 aliphatic rings. The molecular formula is C11H23F3N2O2. The molecule has 7 heteroatoms. The van der Waals surface area contributed by atoms with E-state index in [0.717, 1.165) is 26.2 Å². The molecule has 1 N–H and O–H groups in total. The molecule has 0 saturated carbocycles. The predicted molar refractivity (Wildman–Crippen MR) is 63.7 cm³/mol. The van der Waals surface area contributed by atoms with Crippen molar-refractivity contribution in [1.82, 2.24) is 10.2 Å². The zero-order valence-electron chi connectivity index (χ0n) is 11.1. The van der Waals surface area contributed by atoms with Gasteiger partial charge in [0.05, 0.1) is 6.61 Å². The van der Waals surface area contributed by atoms with Crippen LogP contribution in [0.2, 0.25) is 0 Å². The van der Waals surface area contributed by atoms with Gasteiger partial charge in [-0.1, -0.05) is 0 Å². The lowest BCUT2D eigenvalue weighted by Crippen LogP contribution is -2.32. The molecule has 0 bridgehead atoms. The minimum atomic E-state index is -4.23. The summed E-state index contributed by atoms with van der Waals surface area (Å²) in [5, 5.41) is 3.19. The third-order valence-corrected chi connectivity index (χ3v) is 2.25. The van der Waals surface area contributed by atoms with Gasteiger partial charge < -0.3 is 19.7 Å². The number of nitrogens with one attached hydrogen (secondary N) is 1. The van der Waals surface area contributed by atoms with Crippen LogP contribution in [0.3, 0.4) is 0 Å². The van der Waals surface area contributed by atoms with E-state index in [-0.39, 0.29) is 6.61 Å². The highest BCUT2D eigenvalue weighted by Gasteiger charge is 2.27. The minimum absolute atomic E-state index is 0.140. The lowest BCUT2D eigenvalue weighted by Gasteiger charge is -2.17. The molecule has 0 aromatic carbocycles. The number of hydrogen-bond acceptors (Lipinski definition) is 4. The quantitative estimate of drug-likeness (QED) is 0.572. The summed E-state index contributed by atoms with van der Waals surface area (Å²) in [7, 11) is 3.58. The Morgan fingerprint density at radius 2 is 1.83 bits per heavy atom. The number of likely N-dealkylation sites (N-methyl/N-ethyl adjacent to an activating group) is 1. The number of rotatable bonds is 11. The van der Waals surface area contributed by atoms with Crippen LogP contribution in [0.4, 0.5) is 13.2 Å². The Kier molecular flexibility index (Phi) is 10.3. The summed E-state index contributed by atoms with van der Waals surface area (Å²) in [6, 6.07) is 0. The van der Waals surface area contributed by atoms with Crippen LogP contribution in [0.15, 0.2) is 0 Å². The maximum atomic E-state index is 11.8. The molecule has 0 fully saturated rings. The van der Waals surface area contributed by atoms with Crippen LogP contribution in [0.5, 0.6) is 0 Å². The van der Waals surface area contributed by atoms with Crippen molar-refractivity contribution in [3.63, 3.8) is 0 Å². The number of ether oxygens (including phenoxy) is 2. The third-order valence-electron chi connectivity index (χ3n) is 2.25. The number of alkyl halides is 3. The zero-order valence-corrected chi connectivity index (χ0v) is 11.1. The van der Waals surface area contributed by atoms with Crippen molar-refractivity contribution in [2.24, 2.45) is 0 Å². The lowest BCUT2D eigenvalue weighted by atomic mass is 10.4. The highest BCUT2D eigenvalue weighted by atomic mass is 19.4. The van der Waals surface area contributed by atoms with Crippen molar-refractivity contribution in [3.8, 4) is 0 Å². The van der Waals surface area contributed by atoms with Gasteiger partial charge in [0.25, 0.3) is 0 Å². The Morgan fingerprint density at radius 1 is 1.11 bits per heavy atom. The summed E-state index contributed by atoms with van der Waals surface area (Å²) in [4.78, 5) is 2.05. The molecule has 4 nitrogen and oxygen atoms in total. The highest BCUT2D eigenvalue weighted by molar-refractivity contribution is 4.55. The van der Waals surface area contributed by atoms with E-state index in [0.29, 0.717) is 13.0 Å². The molecule has 18 heavy (non-hydrogen) atoms. The van der Waals surface area contributed by atoms with E-state index in [4.69, 9.17) is 4.74 Å². The molecule has 110 valence electrons. The fraction of sp³-hybridized carbons (Fsp3) is 1.00. The Bertz CT molecular complexity index is 192. The maximum absolute atomic E-state index is 11.8. The molecule has 0 aromatic rings. The topological polar surface area (TPSA) is 33.7 Å². The van der Waals surface area contributed by atoms with Gasteiger partial charge in [-0.05, 0) is 13.5 Å². The summed E-state index contributed by atoms with van der Waals surface area (Å²) >= 11 is 0. The van der Waals surface area contributed by atoms with E-state index in [9.17, 15) is 13.2 Å². The van der Waals surface area contributed by atoms with Crippen LogP contribution in [-0.2, 0) is 9.47 Å². The Morgan fingerprint density at radius 3 is 2.44 bits per heavy atom. The van der Waals surface area contributed by atoms with Gasteiger partial charge in [0.15, 0.2) is 0 Å². The summed E-state index contributed by atoms with van der Waals surface area (Å²) in [5.74, 6) is 0. The molecule has 0 spiro atoms. The number of nitrogens with zero attached hydrogens (tertiary/aromatic N) is 1. The van der Waals surface area contributed by atoms with Crippen LogP contribution in [0, 0.1) is 0 Å². The number of methoxy groups -OCH3 is 1. The van der Waals surface area contributed by atoms with Crippen LogP contribution in [-0.4, -0.2) is 71.2 Å². The Labute approximate surface area is 106 Å². The van der Waals surface area contributed by atoms with Crippen molar-refractivity contribution in [3.05, 3.63) is 0 Å². The smallest absolute Gasteiger partial charge is 0.383 e. The molecule has 0 aliphatic heterocycles. The molecule has 0 radical (unpaired) electrons. The maximum Gasteiger partial charge on any atom is 0.411 e. The molecular weight excluding hydrogens is 249 g/mol. The van der Waals surface area contributed by atoms with Crippen molar-refractivity contribution >= 4 is 0 Å². The molecule has 0 aliphatic carbocycles. The first-order valence-electron chi connectivity index (χ1n) is 5.98. The SMILES string of the molecule is COCCNCCN(C)CCCOCC(F)(F)F. The van der Waals surface area contributed by atoms with Gasteiger partial charge in [0, 0.05) is 39.9 Å². The van der Waals surface area contributed by atoms with Crippen molar-refractivity contribution in [2.75, 3.05) is 60.2 Å². The van der Waals surface area contributed by atoms with E-state index < -0.39 is 12.8 Å². The Hall–Kier alpha value is -0.370. The highest BCUT2D eigenvalue weighted by Crippen LogP contribution is 2.14. The molecule has 0 aromatic heterocycles. The molecule has 0 heterocycles. The van der Waals surface area contributed by atoms with Crippen LogP contribution in [0.1, 0.15) is 6.42 Å². The second kappa shape index (κ2) is 10.5. The fourth-order valence-electron chi connectivity index (χ4n) is 1.31. The van der Waals surface area contributed by atoms with Crippen LogP contribution >= 0.6 is 0 Å². The molecule has 0 atom stereocenters. The van der Waals surface area contributed by atoms with Gasteiger partial charge in [-0.25, -0.2) is 0 Å². The standard InChI is InChI=1S/C11H23F3N2O2/c1-16(7-4-15-5-9-17-2)6-3-8-18-10-11(12,13)14/h15H,3-10H2,1-2H3. The molecule has 0 saturated heterocycles. The Balaban J connectivity index is 3.24. The fourth-order valence-corrected chi connectivity index (χ4v) is 1.31. The van der Waals surface area contributed by atoms with Gasteiger partial charge in [-0.15, -0.1) is 0 Å². The minimum Gasteiger partial charge on any atom is -0.383 e. The van der Waals surface area contributed by atoms with Gasteiger partial charge in [-0.2, -0.15) is 13.2 Å². The summed E-state index contributed by atoms with van der Waals surface area (Å²) in [6.07, 6.45) is -3.62. The van der Waals surface area contributed by atoms with E-state index in [1.54, 1.807) is 7.11 Å². The molecule has 0 unspecified atom stereocenters. The molecule has 0 amide bonds. The molecule has 0 rings (SSSR count). The lowest BCUT2D eigenvalue weighted by molar-refractivity contribution is -0.174. The first-order valence-corrected chi connectivity index (χ1v) is 5.98. The normalized spacial score (nSPS) is 12.3. The first kappa shape index (κ1) is 17.6. The van der Waals surface area contributed by atoms with Crippen molar-refractivity contribution < 1.29 is 22.6 Å². The van der Waals surface area contributed by atoms with Crippen LogP contribution in [0.25, 0.3) is 0 Å². The number of halogens is 3. The number of hydrogen-bond donors (Lipinski definition) is 1. The third kappa shape index (κ3) is 13.7.